The predicted octanol–water partition coefficient (Wildman–Crippen LogP) is 6.58. The summed E-state index contributed by atoms with van der Waals surface area (Å²) in [6.07, 6.45) is 8.26. The average molecular weight is 555 g/mol. The van der Waals surface area contributed by atoms with Crippen molar-refractivity contribution in [2.45, 2.75) is 75.5 Å². The number of aliphatic hydroxyl groups is 1. The van der Waals surface area contributed by atoms with Crippen LogP contribution >= 0.6 is 0 Å². The molecule has 3 atom stereocenters. The molecule has 0 radical (unpaired) electrons. The highest BCUT2D eigenvalue weighted by molar-refractivity contribution is 5.75. The number of hydrogen-bond acceptors (Lipinski definition) is 2. The van der Waals surface area contributed by atoms with Gasteiger partial charge in [-0.3, -0.25) is 0 Å². The number of benzene rings is 3. The van der Waals surface area contributed by atoms with Gasteiger partial charge in [-0.15, -0.1) is 0 Å². The van der Waals surface area contributed by atoms with Crippen molar-refractivity contribution in [1.29, 1.82) is 0 Å². The molecule has 1 saturated carbocycles. The van der Waals surface area contributed by atoms with E-state index in [4.69, 9.17) is 0 Å². The van der Waals surface area contributed by atoms with Gasteiger partial charge in [-0.1, -0.05) is 91.0 Å². The lowest BCUT2D eigenvalue weighted by Gasteiger charge is -2.42. The lowest BCUT2D eigenvalue weighted by Crippen LogP contribution is -2.54. The Labute approximate surface area is 246 Å². The molecule has 2 amide bonds. The first kappa shape index (κ1) is 29.3. The highest BCUT2D eigenvalue weighted by atomic mass is 16.3. The zero-order valence-corrected chi connectivity index (χ0v) is 24.8. The van der Waals surface area contributed by atoms with Gasteiger partial charge in [0.1, 0.15) is 5.60 Å². The third kappa shape index (κ3) is 7.20. The van der Waals surface area contributed by atoms with Crippen LogP contribution in [0.2, 0.25) is 0 Å². The molecule has 0 aromatic heterocycles. The van der Waals surface area contributed by atoms with Gasteiger partial charge in [-0.2, -0.15) is 0 Å². The number of amides is 2. The number of likely N-dealkylation sites (N-methyl/N-ethyl adjacent to an activating group) is 1. The molecule has 41 heavy (non-hydrogen) atoms. The van der Waals surface area contributed by atoms with Crippen LogP contribution in [0.5, 0.6) is 0 Å². The Morgan fingerprint density at radius 1 is 0.878 bits per heavy atom. The summed E-state index contributed by atoms with van der Waals surface area (Å²) in [4.78, 5) is 13.1. The molecule has 0 bridgehead atoms. The SMILES string of the molecule is C[C@@H](NC(=O)NC1CCC(CC[N+]2(C)CCCC(c3ccccc3)C2)CC1)C(O)(c1ccccc1)c1ccccc1. The van der Waals surface area contributed by atoms with Gasteiger partial charge in [-0.25, -0.2) is 4.79 Å². The Bertz CT molecular complexity index is 1190. The van der Waals surface area contributed by atoms with Gasteiger partial charge < -0.3 is 20.2 Å². The number of hydrogen-bond donors (Lipinski definition) is 3. The zero-order chi connectivity index (χ0) is 28.7. The quantitative estimate of drug-likeness (QED) is 0.262. The topological polar surface area (TPSA) is 61.4 Å². The first-order valence-corrected chi connectivity index (χ1v) is 15.6. The fourth-order valence-electron chi connectivity index (χ4n) is 7.30. The van der Waals surface area contributed by atoms with Gasteiger partial charge in [0.05, 0.1) is 32.7 Å². The number of likely N-dealkylation sites (tertiary alicyclic amines) is 1. The monoisotopic (exact) mass is 554 g/mol. The second kappa shape index (κ2) is 13.2. The summed E-state index contributed by atoms with van der Waals surface area (Å²) >= 11 is 0. The lowest BCUT2D eigenvalue weighted by atomic mass is 9.81. The summed E-state index contributed by atoms with van der Waals surface area (Å²) in [5, 5.41) is 18.2. The van der Waals surface area contributed by atoms with Crippen molar-refractivity contribution in [3.8, 4) is 0 Å². The minimum absolute atomic E-state index is 0.183. The van der Waals surface area contributed by atoms with Crippen LogP contribution in [0.1, 0.15) is 74.5 Å². The predicted molar refractivity (Wildman–Crippen MR) is 167 cm³/mol. The van der Waals surface area contributed by atoms with Gasteiger partial charge in [-0.05, 0) is 74.5 Å². The maximum atomic E-state index is 13.1. The van der Waals surface area contributed by atoms with Gasteiger partial charge in [0.15, 0.2) is 0 Å². The van der Waals surface area contributed by atoms with Crippen molar-refractivity contribution < 1.29 is 14.4 Å². The summed E-state index contributed by atoms with van der Waals surface area (Å²) in [6, 6.07) is 29.7. The van der Waals surface area contributed by atoms with Crippen LogP contribution < -0.4 is 10.6 Å². The summed E-state index contributed by atoms with van der Waals surface area (Å²) in [5.74, 6) is 1.42. The van der Waals surface area contributed by atoms with Crippen molar-refractivity contribution in [2.75, 3.05) is 26.7 Å². The molecule has 2 unspecified atom stereocenters. The molecule has 3 aromatic rings. The van der Waals surface area contributed by atoms with E-state index in [2.05, 4.69) is 48.0 Å². The molecule has 1 aliphatic heterocycles. The summed E-state index contributed by atoms with van der Waals surface area (Å²) in [6.45, 7) is 5.67. The van der Waals surface area contributed by atoms with Crippen LogP contribution in [0, 0.1) is 5.92 Å². The minimum atomic E-state index is -1.33. The number of carbonyl (C=O) groups excluding carboxylic acids is 1. The molecule has 0 spiro atoms. The van der Waals surface area contributed by atoms with Gasteiger partial charge >= 0.3 is 6.03 Å². The fourth-order valence-corrected chi connectivity index (χ4v) is 7.30. The van der Waals surface area contributed by atoms with E-state index in [9.17, 15) is 9.90 Å². The second-order valence-corrected chi connectivity index (χ2v) is 12.8. The number of urea groups is 1. The average Bonchev–Trinajstić information content (AvgIpc) is 3.01. The van der Waals surface area contributed by atoms with E-state index in [1.165, 1.54) is 61.8 Å². The summed E-state index contributed by atoms with van der Waals surface area (Å²) in [5.41, 5.74) is 1.70. The van der Waals surface area contributed by atoms with Crippen LogP contribution in [0.3, 0.4) is 0 Å². The number of piperidine rings is 1. The molecule has 218 valence electrons. The molecule has 2 fully saturated rings. The maximum absolute atomic E-state index is 13.1. The molecule has 5 rings (SSSR count). The van der Waals surface area contributed by atoms with Crippen molar-refractivity contribution in [2.24, 2.45) is 5.92 Å². The maximum Gasteiger partial charge on any atom is 0.315 e. The van der Waals surface area contributed by atoms with Crippen LogP contribution in [0.25, 0.3) is 0 Å². The third-order valence-corrected chi connectivity index (χ3v) is 9.84. The first-order chi connectivity index (χ1) is 19.9. The molecule has 5 heteroatoms. The highest BCUT2D eigenvalue weighted by Crippen LogP contribution is 2.34. The molecule has 1 heterocycles. The molecular formula is C36H48N3O2+. The molecule has 5 nitrogen and oxygen atoms in total. The molecule has 2 aliphatic rings. The van der Waals surface area contributed by atoms with E-state index in [1.807, 2.05) is 67.6 Å². The normalized spacial score (nSPS) is 25.7. The largest absolute Gasteiger partial charge is 0.378 e. The van der Waals surface area contributed by atoms with Crippen LogP contribution in [-0.2, 0) is 5.60 Å². The van der Waals surface area contributed by atoms with Crippen molar-refractivity contribution in [3.63, 3.8) is 0 Å². The van der Waals surface area contributed by atoms with E-state index in [1.54, 1.807) is 0 Å². The lowest BCUT2D eigenvalue weighted by molar-refractivity contribution is -0.916. The van der Waals surface area contributed by atoms with Gasteiger partial charge in [0.2, 0.25) is 0 Å². The van der Waals surface area contributed by atoms with Crippen molar-refractivity contribution in [3.05, 3.63) is 108 Å². The Morgan fingerprint density at radius 2 is 1.44 bits per heavy atom. The van der Waals surface area contributed by atoms with E-state index in [-0.39, 0.29) is 12.1 Å². The zero-order valence-electron chi connectivity index (χ0n) is 24.8. The number of carbonyl (C=O) groups is 1. The number of nitrogens with one attached hydrogen (secondary N) is 2. The molecule has 1 aliphatic carbocycles. The summed E-state index contributed by atoms with van der Waals surface area (Å²) < 4.78 is 1.18. The van der Waals surface area contributed by atoms with E-state index < -0.39 is 11.6 Å². The van der Waals surface area contributed by atoms with E-state index in [0.29, 0.717) is 5.92 Å². The Kier molecular flexibility index (Phi) is 9.46. The van der Waals surface area contributed by atoms with Crippen molar-refractivity contribution in [1.82, 2.24) is 10.6 Å². The number of nitrogens with zero attached hydrogens (tertiary/aromatic N) is 1. The third-order valence-electron chi connectivity index (χ3n) is 9.84. The van der Waals surface area contributed by atoms with Gasteiger partial charge in [0, 0.05) is 12.0 Å². The van der Waals surface area contributed by atoms with Crippen molar-refractivity contribution >= 4 is 6.03 Å². The molecule has 3 N–H and O–H groups in total. The van der Waals surface area contributed by atoms with Gasteiger partial charge in [0.25, 0.3) is 0 Å². The van der Waals surface area contributed by atoms with Crippen LogP contribution in [0.15, 0.2) is 91.0 Å². The first-order valence-electron chi connectivity index (χ1n) is 15.6. The van der Waals surface area contributed by atoms with E-state index in [0.717, 1.165) is 29.9 Å². The minimum Gasteiger partial charge on any atom is -0.378 e. The molecule has 1 saturated heterocycles. The Hall–Kier alpha value is -3.15. The van der Waals surface area contributed by atoms with Crippen LogP contribution in [-0.4, -0.2) is 54.4 Å². The fraction of sp³-hybridized carbons (Fsp3) is 0.472. The number of quaternary nitrogens is 1. The second-order valence-electron chi connectivity index (χ2n) is 12.8. The highest BCUT2D eigenvalue weighted by Gasteiger charge is 2.39. The Morgan fingerprint density at radius 3 is 2.02 bits per heavy atom. The standard InChI is InChI=1S/C36H47N3O2/c1-28(36(41,32-16-8-4-9-17-32)33-18-10-5-11-19-33)37-35(40)38-34-22-20-29(21-23-34)24-26-39(2)25-12-15-31(27-39)30-13-6-3-7-14-30/h3-11,13-14,16-19,28-29,31,34,41H,12,15,20-27H2,1-2H3,(H-,37,38,40)/p+1/t28-,29?,31?,34?,39?/m1/s1. The van der Waals surface area contributed by atoms with E-state index >= 15 is 0 Å². The Balaban J connectivity index is 1.10. The van der Waals surface area contributed by atoms with Crippen LogP contribution in [0.4, 0.5) is 4.79 Å². The summed E-state index contributed by atoms with van der Waals surface area (Å²) in [7, 11) is 2.46. The smallest absolute Gasteiger partial charge is 0.315 e. The molecule has 3 aromatic carbocycles. The molecular weight excluding hydrogens is 506 g/mol. The number of rotatable bonds is 9.